The molecule has 2 aromatic heterocycles. The van der Waals surface area contributed by atoms with Gasteiger partial charge in [0.2, 0.25) is 5.91 Å². The quantitative estimate of drug-likeness (QED) is 0.660. The summed E-state index contributed by atoms with van der Waals surface area (Å²) in [7, 11) is 0. The van der Waals surface area contributed by atoms with Crippen molar-refractivity contribution in [3.05, 3.63) is 30.4 Å². The van der Waals surface area contributed by atoms with Gasteiger partial charge in [-0.1, -0.05) is 43.7 Å². The van der Waals surface area contributed by atoms with E-state index in [4.69, 9.17) is 9.51 Å². The summed E-state index contributed by atoms with van der Waals surface area (Å²) in [5.41, 5.74) is 0.797. The number of nitrogens with zero attached hydrogens (tertiary/aromatic N) is 4. The topological polar surface area (TPSA) is 72.1 Å². The van der Waals surface area contributed by atoms with Crippen LogP contribution in [-0.4, -0.2) is 39.0 Å². The van der Waals surface area contributed by atoms with Gasteiger partial charge in [-0.3, -0.25) is 9.78 Å². The molecule has 0 unspecified atom stereocenters. The second-order valence-electron chi connectivity index (χ2n) is 9.66. The highest BCUT2D eigenvalue weighted by Gasteiger charge is 2.44. The van der Waals surface area contributed by atoms with E-state index in [1.807, 2.05) is 12.1 Å². The van der Waals surface area contributed by atoms with Crippen molar-refractivity contribution in [2.75, 3.05) is 13.1 Å². The first kappa shape index (κ1) is 19.7. The van der Waals surface area contributed by atoms with E-state index in [1.54, 1.807) is 12.4 Å². The number of carbonyl (C=O) groups excluding carboxylic acids is 1. The highest BCUT2D eigenvalue weighted by atomic mass is 16.5. The van der Waals surface area contributed by atoms with Crippen LogP contribution in [0.2, 0.25) is 0 Å². The lowest BCUT2D eigenvalue weighted by atomic mass is 9.73. The van der Waals surface area contributed by atoms with Crippen molar-refractivity contribution < 1.29 is 9.32 Å². The van der Waals surface area contributed by atoms with Crippen molar-refractivity contribution in [3.63, 3.8) is 0 Å². The van der Waals surface area contributed by atoms with Crippen molar-refractivity contribution in [1.29, 1.82) is 0 Å². The smallest absolute Gasteiger partial charge is 0.259 e. The van der Waals surface area contributed by atoms with E-state index in [1.165, 1.54) is 38.5 Å². The first-order chi connectivity index (χ1) is 14.7. The minimum Gasteiger partial charge on any atom is -0.343 e. The summed E-state index contributed by atoms with van der Waals surface area (Å²) >= 11 is 0. The lowest BCUT2D eigenvalue weighted by Crippen LogP contribution is -2.46. The summed E-state index contributed by atoms with van der Waals surface area (Å²) in [5.74, 6) is 3.26. The Hall–Kier alpha value is -2.24. The Kier molecular flexibility index (Phi) is 5.57. The number of hydrogen-bond acceptors (Lipinski definition) is 5. The molecule has 1 amide bonds. The van der Waals surface area contributed by atoms with Crippen molar-refractivity contribution in [1.82, 2.24) is 20.0 Å². The Morgan fingerprint density at radius 2 is 1.93 bits per heavy atom. The molecule has 5 rings (SSSR count). The predicted molar refractivity (Wildman–Crippen MR) is 114 cm³/mol. The van der Waals surface area contributed by atoms with Crippen LogP contribution in [0.15, 0.2) is 29.0 Å². The molecule has 3 fully saturated rings. The lowest BCUT2D eigenvalue weighted by molar-refractivity contribution is -0.133. The summed E-state index contributed by atoms with van der Waals surface area (Å²) in [4.78, 5) is 23.8. The number of hydrogen-bond donors (Lipinski definition) is 0. The molecule has 3 heterocycles. The fourth-order valence-corrected chi connectivity index (χ4v) is 5.41. The Morgan fingerprint density at radius 3 is 2.63 bits per heavy atom. The highest BCUT2D eigenvalue weighted by molar-refractivity contribution is 5.76. The van der Waals surface area contributed by atoms with Gasteiger partial charge >= 0.3 is 0 Å². The van der Waals surface area contributed by atoms with E-state index in [9.17, 15) is 4.79 Å². The van der Waals surface area contributed by atoms with Crippen LogP contribution in [0.1, 0.15) is 76.5 Å². The van der Waals surface area contributed by atoms with Gasteiger partial charge < -0.3 is 9.42 Å². The van der Waals surface area contributed by atoms with E-state index >= 15 is 0 Å². The van der Waals surface area contributed by atoms with E-state index in [-0.39, 0.29) is 5.41 Å². The second-order valence-corrected chi connectivity index (χ2v) is 9.66. The fraction of sp³-hybridized carbons (Fsp3) is 0.667. The van der Waals surface area contributed by atoms with Gasteiger partial charge in [-0.05, 0) is 49.7 Å². The zero-order chi connectivity index (χ0) is 20.4. The summed E-state index contributed by atoms with van der Waals surface area (Å²) < 4.78 is 5.62. The fourth-order valence-electron chi connectivity index (χ4n) is 5.41. The van der Waals surface area contributed by atoms with Crippen LogP contribution in [0.3, 0.4) is 0 Å². The number of rotatable bonds is 7. The Balaban J connectivity index is 1.25. The molecule has 6 heteroatoms. The average molecular weight is 409 g/mol. The summed E-state index contributed by atoms with van der Waals surface area (Å²) in [5, 5.41) is 4.41. The Bertz CT molecular complexity index is 847. The maximum absolute atomic E-state index is 12.8. The lowest BCUT2D eigenvalue weighted by Gasteiger charge is -2.40. The van der Waals surface area contributed by atoms with Crippen molar-refractivity contribution in [2.45, 2.75) is 76.0 Å². The van der Waals surface area contributed by atoms with Crippen LogP contribution >= 0.6 is 0 Å². The third-order valence-corrected chi connectivity index (χ3v) is 7.50. The monoisotopic (exact) mass is 408 g/mol. The van der Waals surface area contributed by atoms with Crippen LogP contribution in [0.5, 0.6) is 0 Å². The van der Waals surface area contributed by atoms with Gasteiger partial charge in [-0.25, -0.2) is 0 Å². The Morgan fingerprint density at radius 1 is 1.13 bits per heavy atom. The molecule has 6 nitrogen and oxygen atoms in total. The highest BCUT2D eigenvalue weighted by Crippen LogP contribution is 2.47. The van der Waals surface area contributed by atoms with Crippen LogP contribution in [-0.2, 0) is 10.2 Å². The molecule has 1 aliphatic heterocycles. The predicted octanol–water partition coefficient (Wildman–Crippen LogP) is 4.76. The van der Waals surface area contributed by atoms with Crippen molar-refractivity contribution >= 4 is 5.91 Å². The number of piperidine rings is 1. The van der Waals surface area contributed by atoms with Gasteiger partial charge in [0.15, 0.2) is 5.82 Å². The van der Waals surface area contributed by atoms with Gasteiger partial charge in [0.25, 0.3) is 5.89 Å². The summed E-state index contributed by atoms with van der Waals surface area (Å²) in [6.45, 7) is 1.62. The molecule has 30 heavy (non-hydrogen) atoms. The first-order valence-electron chi connectivity index (χ1n) is 11.7. The van der Waals surface area contributed by atoms with Gasteiger partial charge in [0.1, 0.15) is 0 Å². The largest absolute Gasteiger partial charge is 0.343 e. The van der Waals surface area contributed by atoms with Crippen LogP contribution in [0, 0.1) is 11.8 Å². The number of amides is 1. The molecule has 3 aliphatic rings. The van der Waals surface area contributed by atoms with E-state index in [0.29, 0.717) is 18.2 Å². The van der Waals surface area contributed by atoms with Crippen molar-refractivity contribution in [2.24, 2.45) is 11.8 Å². The zero-order valence-corrected chi connectivity index (χ0v) is 17.8. The molecule has 0 atom stereocenters. The maximum atomic E-state index is 12.8. The molecule has 160 valence electrons. The van der Waals surface area contributed by atoms with Gasteiger partial charge in [-0.2, -0.15) is 4.98 Å². The van der Waals surface area contributed by atoms with E-state index < -0.39 is 0 Å². The third-order valence-electron chi connectivity index (χ3n) is 7.50. The summed E-state index contributed by atoms with van der Waals surface area (Å²) in [6, 6.07) is 3.83. The first-order valence-corrected chi connectivity index (χ1v) is 11.7. The van der Waals surface area contributed by atoms with Crippen LogP contribution < -0.4 is 0 Å². The molecule has 1 saturated heterocycles. The Labute approximate surface area is 178 Å². The molecule has 2 aliphatic carbocycles. The number of carbonyl (C=O) groups is 1. The van der Waals surface area contributed by atoms with Crippen LogP contribution in [0.25, 0.3) is 11.5 Å². The zero-order valence-electron chi connectivity index (χ0n) is 17.8. The maximum Gasteiger partial charge on any atom is 0.259 e. The molecule has 2 aromatic rings. The standard InChI is InChI=1S/C24H32N4O2/c29-21(10-9-18-4-1-2-5-18)28-14-11-24(12-15-28,16-19-7-8-19)23-26-22(30-27-23)20-6-3-13-25-17-20/h3,6,13,17-19H,1-2,4-5,7-12,14-16H2. The molecule has 0 aromatic carbocycles. The molecule has 0 spiro atoms. The van der Waals surface area contributed by atoms with Gasteiger partial charge in [0.05, 0.1) is 5.56 Å². The number of aromatic nitrogens is 3. The molecule has 0 bridgehead atoms. The molecular weight excluding hydrogens is 376 g/mol. The molecule has 0 N–H and O–H groups in total. The average Bonchev–Trinajstić information content (AvgIpc) is 3.23. The second kappa shape index (κ2) is 8.48. The SMILES string of the molecule is O=C(CCC1CCCC1)N1CCC(CC2CC2)(c2noc(-c3cccnc3)n2)CC1. The number of likely N-dealkylation sites (tertiary alicyclic amines) is 1. The normalized spacial score (nSPS) is 21.8. The minimum absolute atomic E-state index is 0.0621. The molecular formula is C24H32N4O2. The summed E-state index contributed by atoms with van der Waals surface area (Å²) in [6.07, 6.45) is 16.2. The van der Waals surface area contributed by atoms with Crippen LogP contribution in [0.4, 0.5) is 0 Å². The van der Waals surface area contributed by atoms with E-state index in [0.717, 1.165) is 62.0 Å². The van der Waals surface area contributed by atoms with Crippen molar-refractivity contribution in [3.8, 4) is 11.5 Å². The third kappa shape index (κ3) is 4.28. The van der Waals surface area contributed by atoms with E-state index in [2.05, 4.69) is 15.0 Å². The number of pyridine rings is 1. The van der Waals surface area contributed by atoms with Gasteiger partial charge in [-0.15, -0.1) is 0 Å². The van der Waals surface area contributed by atoms with Gasteiger partial charge in [0, 0.05) is 37.3 Å². The molecule has 0 radical (unpaired) electrons. The minimum atomic E-state index is -0.0621. The molecule has 2 saturated carbocycles.